The van der Waals surface area contributed by atoms with Crippen molar-refractivity contribution >= 4 is 38.9 Å². The number of anilines is 1. The van der Waals surface area contributed by atoms with Gasteiger partial charge in [-0.25, -0.2) is 9.37 Å². The van der Waals surface area contributed by atoms with Crippen LogP contribution in [0.2, 0.25) is 0 Å². The molecule has 1 saturated heterocycles. The van der Waals surface area contributed by atoms with Crippen molar-refractivity contribution in [3.05, 3.63) is 44.6 Å². The van der Waals surface area contributed by atoms with E-state index in [9.17, 15) is 9.18 Å². The van der Waals surface area contributed by atoms with E-state index in [-0.39, 0.29) is 17.5 Å². The number of nitrogens with one attached hydrogen (secondary N) is 2. The second-order valence-corrected chi connectivity index (χ2v) is 6.43. The molecule has 2 heterocycles. The molecule has 1 atom stereocenters. The molecule has 2 N–H and O–H groups in total. The van der Waals surface area contributed by atoms with E-state index in [0.717, 1.165) is 11.6 Å². The minimum Gasteiger partial charge on any atom is -0.368 e. The molecular weight excluding hydrogens is 373 g/mol. The Hall–Kier alpha value is -1.35. The van der Waals surface area contributed by atoms with Gasteiger partial charge in [-0.1, -0.05) is 6.07 Å². The van der Waals surface area contributed by atoms with Crippen LogP contribution in [0.4, 0.5) is 10.1 Å². The number of benzene rings is 1. The number of nitrogens with zero attached hydrogens (tertiary/aromatic N) is 1. The van der Waals surface area contributed by atoms with Gasteiger partial charge in [0.2, 0.25) is 0 Å². The lowest BCUT2D eigenvalue weighted by molar-refractivity contribution is 0.0275. The van der Waals surface area contributed by atoms with Crippen molar-refractivity contribution in [2.75, 3.05) is 25.0 Å². The van der Waals surface area contributed by atoms with Gasteiger partial charge in [-0.3, -0.25) is 4.79 Å². The topological polar surface area (TPSA) is 63.2 Å². The fourth-order valence-electron chi connectivity index (χ4n) is 2.05. The number of carbonyl (C=O) groups is 1. The van der Waals surface area contributed by atoms with Crippen LogP contribution in [0.5, 0.6) is 0 Å². The minimum atomic E-state index is -0.508. The fraction of sp³-hybridized carbons (Fsp3) is 0.286. The number of hydrogen-bond donors (Lipinski definition) is 2. The summed E-state index contributed by atoms with van der Waals surface area (Å²) in [5, 5.41) is 8.13. The number of halogens is 2. The molecule has 1 amide bonds. The lowest BCUT2D eigenvalue weighted by atomic mass is 10.3. The van der Waals surface area contributed by atoms with E-state index in [4.69, 9.17) is 4.74 Å². The molecule has 0 bridgehead atoms. The largest absolute Gasteiger partial charge is 0.368 e. The maximum absolute atomic E-state index is 13.9. The number of carbonyl (C=O) groups excluding carboxylic acids is 1. The van der Waals surface area contributed by atoms with E-state index in [1.807, 2.05) is 0 Å². The molecular formula is C14H13BrFN3O2S. The molecule has 116 valence electrons. The Morgan fingerprint density at radius 3 is 3.18 bits per heavy atom. The number of aromatic nitrogens is 1. The van der Waals surface area contributed by atoms with Gasteiger partial charge in [-0.2, -0.15) is 0 Å². The van der Waals surface area contributed by atoms with Gasteiger partial charge >= 0.3 is 0 Å². The molecule has 1 aromatic heterocycles. The number of amides is 1. The van der Waals surface area contributed by atoms with Crippen LogP contribution < -0.4 is 10.6 Å². The lowest BCUT2D eigenvalue weighted by Gasteiger charge is -2.21. The number of morpholine rings is 1. The van der Waals surface area contributed by atoms with E-state index >= 15 is 0 Å². The highest BCUT2D eigenvalue weighted by Gasteiger charge is 2.21. The summed E-state index contributed by atoms with van der Waals surface area (Å²) in [7, 11) is 0. The SMILES string of the molecule is O=C(Nc1cccc(Br)c1F)c1csc(C2CNCCO2)n1. The third kappa shape index (κ3) is 3.35. The molecule has 0 saturated carbocycles. The predicted molar refractivity (Wildman–Crippen MR) is 85.7 cm³/mol. The average Bonchev–Trinajstić information content (AvgIpc) is 3.03. The highest BCUT2D eigenvalue weighted by molar-refractivity contribution is 9.10. The molecule has 2 aromatic rings. The van der Waals surface area contributed by atoms with Crippen LogP contribution in [0.25, 0.3) is 0 Å². The first-order valence-electron chi connectivity index (χ1n) is 6.68. The summed E-state index contributed by atoms with van der Waals surface area (Å²) < 4.78 is 19.8. The molecule has 1 aliphatic rings. The molecule has 1 unspecified atom stereocenters. The van der Waals surface area contributed by atoms with Gasteiger partial charge < -0.3 is 15.4 Å². The van der Waals surface area contributed by atoms with E-state index in [0.29, 0.717) is 17.6 Å². The molecule has 0 radical (unpaired) electrons. The number of ether oxygens (including phenoxy) is 1. The van der Waals surface area contributed by atoms with Crippen molar-refractivity contribution in [3.63, 3.8) is 0 Å². The Balaban J connectivity index is 1.72. The predicted octanol–water partition coefficient (Wildman–Crippen LogP) is 2.96. The van der Waals surface area contributed by atoms with Gasteiger partial charge in [0.1, 0.15) is 16.8 Å². The van der Waals surface area contributed by atoms with Crippen LogP contribution in [0.1, 0.15) is 21.6 Å². The van der Waals surface area contributed by atoms with Gasteiger partial charge in [0.05, 0.1) is 16.8 Å². The van der Waals surface area contributed by atoms with Crippen LogP contribution in [0, 0.1) is 5.82 Å². The Labute approximate surface area is 139 Å². The van der Waals surface area contributed by atoms with Crippen LogP contribution in [0.15, 0.2) is 28.1 Å². The summed E-state index contributed by atoms with van der Waals surface area (Å²) in [6.07, 6.45) is -0.136. The van der Waals surface area contributed by atoms with Crippen molar-refractivity contribution in [2.24, 2.45) is 0 Å². The monoisotopic (exact) mass is 385 g/mol. The number of hydrogen-bond acceptors (Lipinski definition) is 5. The van der Waals surface area contributed by atoms with Crippen molar-refractivity contribution in [1.82, 2.24) is 10.3 Å². The smallest absolute Gasteiger partial charge is 0.275 e. The summed E-state index contributed by atoms with van der Waals surface area (Å²) in [4.78, 5) is 16.5. The maximum atomic E-state index is 13.9. The second-order valence-electron chi connectivity index (χ2n) is 4.69. The Morgan fingerprint density at radius 1 is 1.55 bits per heavy atom. The average molecular weight is 386 g/mol. The summed E-state index contributed by atoms with van der Waals surface area (Å²) in [5.74, 6) is -0.950. The molecule has 0 spiro atoms. The molecule has 0 aliphatic carbocycles. The Morgan fingerprint density at radius 2 is 2.41 bits per heavy atom. The van der Waals surface area contributed by atoms with Crippen LogP contribution in [-0.4, -0.2) is 30.6 Å². The Kier molecular flexibility index (Phi) is 4.82. The molecule has 3 rings (SSSR count). The van der Waals surface area contributed by atoms with Crippen molar-refractivity contribution in [3.8, 4) is 0 Å². The maximum Gasteiger partial charge on any atom is 0.275 e. The minimum absolute atomic E-state index is 0.115. The van der Waals surface area contributed by atoms with Gasteiger partial charge in [-0.15, -0.1) is 11.3 Å². The standard InChI is InChI=1S/C14H13BrFN3O2S/c15-8-2-1-3-9(12(8)16)18-13(20)10-7-22-14(19-10)11-6-17-4-5-21-11/h1-3,7,11,17H,4-6H2,(H,18,20). The molecule has 1 fully saturated rings. The molecule has 8 heteroatoms. The van der Waals surface area contributed by atoms with Gasteiger partial charge in [0.25, 0.3) is 5.91 Å². The number of thiazole rings is 1. The van der Waals surface area contributed by atoms with Gasteiger partial charge in [0, 0.05) is 18.5 Å². The third-order valence-electron chi connectivity index (χ3n) is 3.16. The van der Waals surface area contributed by atoms with Crippen molar-refractivity contribution in [2.45, 2.75) is 6.10 Å². The van der Waals surface area contributed by atoms with Crippen molar-refractivity contribution < 1.29 is 13.9 Å². The zero-order valence-electron chi connectivity index (χ0n) is 11.4. The summed E-state index contributed by atoms with van der Waals surface area (Å²) in [6, 6.07) is 4.72. The highest BCUT2D eigenvalue weighted by Crippen LogP contribution is 2.25. The third-order valence-corrected chi connectivity index (χ3v) is 4.71. The molecule has 22 heavy (non-hydrogen) atoms. The zero-order chi connectivity index (χ0) is 15.5. The van der Waals surface area contributed by atoms with Crippen LogP contribution in [-0.2, 0) is 4.74 Å². The van der Waals surface area contributed by atoms with Crippen molar-refractivity contribution in [1.29, 1.82) is 0 Å². The number of rotatable bonds is 3. The van der Waals surface area contributed by atoms with E-state index in [1.165, 1.54) is 17.4 Å². The first kappa shape index (κ1) is 15.5. The van der Waals surface area contributed by atoms with E-state index in [2.05, 4.69) is 31.5 Å². The van der Waals surface area contributed by atoms with E-state index < -0.39 is 11.7 Å². The Bertz CT molecular complexity index is 688. The van der Waals surface area contributed by atoms with Crippen LogP contribution >= 0.6 is 27.3 Å². The summed E-state index contributed by atoms with van der Waals surface area (Å²) >= 11 is 4.45. The highest BCUT2D eigenvalue weighted by atomic mass is 79.9. The molecule has 1 aliphatic heterocycles. The quantitative estimate of drug-likeness (QED) is 0.852. The summed E-state index contributed by atoms with van der Waals surface area (Å²) in [5.41, 5.74) is 0.373. The molecule has 1 aromatic carbocycles. The first-order chi connectivity index (χ1) is 10.6. The summed E-state index contributed by atoms with van der Waals surface area (Å²) in [6.45, 7) is 2.11. The first-order valence-corrected chi connectivity index (χ1v) is 8.35. The van der Waals surface area contributed by atoms with E-state index in [1.54, 1.807) is 17.5 Å². The van der Waals surface area contributed by atoms with Gasteiger partial charge in [0.15, 0.2) is 5.82 Å². The second kappa shape index (κ2) is 6.82. The van der Waals surface area contributed by atoms with Gasteiger partial charge in [-0.05, 0) is 28.1 Å². The lowest BCUT2D eigenvalue weighted by Crippen LogP contribution is -2.33. The van der Waals surface area contributed by atoms with Crippen LogP contribution in [0.3, 0.4) is 0 Å². The normalized spacial score (nSPS) is 18.2. The molecule has 5 nitrogen and oxygen atoms in total. The zero-order valence-corrected chi connectivity index (χ0v) is 13.8. The fourth-order valence-corrected chi connectivity index (χ4v) is 3.26.